The molecule has 1 aliphatic heterocycles. The lowest BCUT2D eigenvalue weighted by Gasteiger charge is -2.35. The molecule has 0 aliphatic carbocycles. The third-order valence-corrected chi connectivity index (χ3v) is 3.82. The first-order chi connectivity index (χ1) is 11.3. The molecule has 0 unspecified atom stereocenters. The van der Waals surface area contributed by atoms with Gasteiger partial charge in [-0.15, -0.1) is 0 Å². The van der Waals surface area contributed by atoms with Crippen molar-refractivity contribution in [2.45, 2.75) is 32.8 Å². The average molecular weight is 334 g/mol. The van der Waals surface area contributed by atoms with Crippen LogP contribution >= 0.6 is 0 Å². The number of amides is 2. The zero-order valence-electron chi connectivity index (χ0n) is 14.9. The Morgan fingerprint density at radius 3 is 2.21 bits per heavy atom. The minimum Gasteiger partial charge on any atom is -0.496 e. The number of hydrogen-bond acceptors (Lipinski definition) is 4. The molecule has 2 rings (SSSR count). The number of piperazine rings is 1. The molecule has 0 spiro atoms. The minimum absolute atomic E-state index is 0.0448. The summed E-state index contributed by atoms with van der Waals surface area (Å²) in [4.78, 5) is 28.0. The van der Waals surface area contributed by atoms with Gasteiger partial charge in [-0.1, -0.05) is 18.2 Å². The van der Waals surface area contributed by atoms with Gasteiger partial charge in [-0.2, -0.15) is 0 Å². The van der Waals surface area contributed by atoms with Crippen molar-refractivity contribution < 1.29 is 19.1 Å². The number of carbonyl (C=O) groups excluding carboxylic acids is 2. The van der Waals surface area contributed by atoms with Gasteiger partial charge >= 0.3 is 6.09 Å². The van der Waals surface area contributed by atoms with Gasteiger partial charge in [0.05, 0.1) is 13.5 Å². The molecule has 1 aromatic carbocycles. The highest BCUT2D eigenvalue weighted by molar-refractivity contribution is 5.80. The smallest absolute Gasteiger partial charge is 0.410 e. The fourth-order valence-corrected chi connectivity index (χ4v) is 2.59. The van der Waals surface area contributed by atoms with Crippen LogP contribution in [0, 0.1) is 0 Å². The second-order valence-corrected chi connectivity index (χ2v) is 6.84. The van der Waals surface area contributed by atoms with E-state index >= 15 is 0 Å². The Morgan fingerprint density at radius 1 is 1.04 bits per heavy atom. The SMILES string of the molecule is COc1ccccc1CC(=O)N1CCN(C(=O)OC(C)(C)C)CC1. The van der Waals surface area contributed by atoms with E-state index in [2.05, 4.69) is 0 Å². The van der Waals surface area contributed by atoms with Crippen molar-refractivity contribution in [1.29, 1.82) is 0 Å². The fourth-order valence-electron chi connectivity index (χ4n) is 2.59. The fraction of sp³-hybridized carbons (Fsp3) is 0.556. The minimum atomic E-state index is -0.506. The zero-order chi connectivity index (χ0) is 17.7. The molecule has 1 aromatic rings. The molecule has 0 saturated carbocycles. The van der Waals surface area contributed by atoms with Crippen LogP contribution in [0.5, 0.6) is 5.75 Å². The Morgan fingerprint density at radius 2 is 1.62 bits per heavy atom. The average Bonchev–Trinajstić information content (AvgIpc) is 2.54. The maximum Gasteiger partial charge on any atom is 0.410 e. The maximum atomic E-state index is 12.5. The molecule has 1 heterocycles. The summed E-state index contributed by atoms with van der Waals surface area (Å²) in [5, 5.41) is 0. The van der Waals surface area contributed by atoms with E-state index in [0.29, 0.717) is 32.6 Å². The van der Waals surface area contributed by atoms with Crippen molar-refractivity contribution in [2.24, 2.45) is 0 Å². The van der Waals surface area contributed by atoms with E-state index in [1.807, 2.05) is 45.0 Å². The van der Waals surface area contributed by atoms with E-state index in [0.717, 1.165) is 11.3 Å². The van der Waals surface area contributed by atoms with Crippen LogP contribution in [0.1, 0.15) is 26.3 Å². The summed E-state index contributed by atoms with van der Waals surface area (Å²) in [5.41, 5.74) is 0.369. The number of ether oxygens (including phenoxy) is 2. The van der Waals surface area contributed by atoms with Gasteiger partial charge in [-0.05, 0) is 26.8 Å². The summed E-state index contributed by atoms with van der Waals surface area (Å²) >= 11 is 0. The number of methoxy groups -OCH3 is 1. The highest BCUT2D eigenvalue weighted by Gasteiger charge is 2.27. The van der Waals surface area contributed by atoms with Crippen molar-refractivity contribution >= 4 is 12.0 Å². The quantitative estimate of drug-likeness (QED) is 0.851. The Balaban J connectivity index is 1.88. The van der Waals surface area contributed by atoms with E-state index in [1.165, 1.54) is 0 Å². The summed E-state index contributed by atoms with van der Waals surface area (Å²) < 4.78 is 10.7. The molecule has 2 amide bonds. The van der Waals surface area contributed by atoms with E-state index in [-0.39, 0.29) is 12.0 Å². The van der Waals surface area contributed by atoms with Gasteiger partial charge in [-0.25, -0.2) is 4.79 Å². The van der Waals surface area contributed by atoms with Crippen molar-refractivity contribution in [3.05, 3.63) is 29.8 Å². The van der Waals surface area contributed by atoms with Crippen molar-refractivity contribution in [3.63, 3.8) is 0 Å². The van der Waals surface area contributed by atoms with Crippen LogP contribution in [0.3, 0.4) is 0 Å². The predicted molar refractivity (Wildman–Crippen MR) is 91.1 cm³/mol. The lowest BCUT2D eigenvalue weighted by molar-refractivity contribution is -0.132. The molecule has 1 fully saturated rings. The van der Waals surface area contributed by atoms with Gasteiger partial charge in [0.2, 0.25) is 5.91 Å². The first-order valence-corrected chi connectivity index (χ1v) is 8.18. The number of nitrogens with zero attached hydrogens (tertiary/aromatic N) is 2. The molecule has 1 aliphatic rings. The van der Waals surface area contributed by atoms with Gasteiger partial charge in [0.15, 0.2) is 0 Å². The number of benzene rings is 1. The molecule has 0 atom stereocenters. The second-order valence-electron chi connectivity index (χ2n) is 6.84. The van der Waals surface area contributed by atoms with E-state index in [9.17, 15) is 9.59 Å². The summed E-state index contributed by atoms with van der Waals surface area (Å²) in [6, 6.07) is 7.52. The first-order valence-electron chi connectivity index (χ1n) is 8.18. The monoisotopic (exact) mass is 334 g/mol. The summed E-state index contributed by atoms with van der Waals surface area (Å²) in [6.45, 7) is 7.56. The van der Waals surface area contributed by atoms with Gasteiger partial charge in [0.25, 0.3) is 0 Å². The Kier molecular flexibility index (Phi) is 5.70. The van der Waals surface area contributed by atoms with E-state index in [1.54, 1.807) is 16.9 Å². The lowest BCUT2D eigenvalue weighted by atomic mass is 10.1. The topological polar surface area (TPSA) is 59.1 Å². The van der Waals surface area contributed by atoms with Crippen molar-refractivity contribution in [2.75, 3.05) is 33.3 Å². The highest BCUT2D eigenvalue weighted by Crippen LogP contribution is 2.19. The summed E-state index contributed by atoms with van der Waals surface area (Å²) in [5.74, 6) is 0.765. The van der Waals surface area contributed by atoms with Gasteiger partial charge in [0.1, 0.15) is 11.4 Å². The van der Waals surface area contributed by atoms with Crippen LogP contribution in [0.2, 0.25) is 0 Å². The Labute approximate surface area is 143 Å². The van der Waals surface area contributed by atoms with Gasteiger partial charge < -0.3 is 19.3 Å². The van der Waals surface area contributed by atoms with Crippen molar-refractivity contribution in [3.8, 4) is 5.75 Å². The maximum absolute atomic E-state index is 12.5. The number of hydrogen-bond donors (Lipinski definition) is 0. The zero-order valence-corrected chi connectivity index (χ0v) is 14.9. The summed E-state index contributed by atoms with van der Waals surface area (Å²) in [7, 11) is 1.60. The lowest BCUT2D eigenvalue weighted by Crippen LogP contribution is -2.52. The standard InChI is InChI=1S/C18H26N2O4/c1-18(2,3)24-17(22)20-11-9-19(10-12-20)16(21)13-14-7-5-6-8-15(14)23-4/h5-8H,9-13H2,1-4H3. The van der Waals surface area contributed by atoms with Crippen LogP contribution in [0.15, 0.2) is 24.3 Å². The molecule has 0 N–H and O–H groups in total. The van der Waals surface area contributed by atoms with Crippen LogP contribution in [-0.4, -0.2) is 60.7 Å². The van der Waals surface area contributed by atoms with Crippen LogP contribution in [0.4, 0.5) is 4.79 Å². The van der Waals surface area contributed by atoms with Crippen molar-refractivity contribution in [1.82, 2.24) is 9.80 Å². The molecule has 1 saturated heterocycles. The van der Waals surface area contributed by atoms with Crippen LogP contribution in [-0.2, 0) is 16.0 Å². The largest absolute Gasteiger partial charge is 0.496 e. The number of rotatable bonds is 3. The Hall–Kier alpha value is -2.24. The van der Waals surface area contributed by atoms with E-state index in [4.69, 9.17) is 9.47 Å². The van der Waals surface area contributed by atoms with Gasteiger partial charge in [-0.3, -0.25) is 4.79 Å². The molecule has 0 aromatic heterocycles. The number of carbonyl (C=O) groups is 2. The second kappa shape index (κ2) is 7.55. The first kappa shape index (κ1) is 18.1. The van der Waals surface area contributed by atoms with Crippen LogP contribution < -0.4 is 4.74 Å². The van der Waals surface area contributed by atoms with E-state index < -0.39 is 5.60 Å². The third kappa shape index (κ3) is 4.88. The molecular weight excluding hydrogens is 308 g/mol. The molecule has 24 heavy (non-hydrogen) atoms. The molecule has 0 bridgehead atoms. The Bertz CT molecular complexity index is 587. The van der Waals surface area contributed by atoms with Crippen LogP contribution in [0.25, 0.3) is 0 Å². The molecule has 6 nitrogen and oxygen atoms in total. The molecular formula is C18H26N2O4. The molecule has 6 heteroatoms. The third-order valence-electron chi connectivity index (χ3n) is 3.82. The highest BCUT2D eigenvalue weighted by atomic mass is 16.6. The molecule has 132 valence electrons. The normalized spacial score (nSPS) is 15.2. The van der Waals surface area contributed by atoms with Gasteiger partial charge in [0, 0.05) is 31.7 Å². The number of para-hydroxylation sites is 1. The molecule has 0 radical (unpaired) electrons. The predicted octanol–water partition coefficient (Wildman–Crippen LogP) is 2.32. The summed E-state index contributed by atoms with van der Waals surface area (Å²) in [6.07, 6.45) is -0.0180.